The van der Waals surface area contributed by atoms with Gasteiger partial charge in [-0.15, -0.1) is 0 Å². The van der Waals surface area contributed by atoms with E-state index in [1.165, 1.54) is 19.1 Å². The van der Waals surface area contributed by atoms with E-state index >= 15 is 0 Å². The van der Waals surface area contributed by atoms with Gasteiger partial charge in [-0.1, -0.05) is 24.3 Å². The fourth-order valence-electron chi connectivity index (χ4n) is 2.46. The van der Waals surface area contributed by atoms with Gasteiger partial charge in [-0.25, -0.2) is 13.6 Å². The average molecular weight is 389 g/mol. The summed E-state index contributed by atoms with van der Waals surface area (Å²) in [7, 11) is -2.00. The van der Waals surface area contributed by atoms with Crippen molar-refractivity contribution < 1.29 is 18.0 Å². The van der Waals surface area contributed by atoms with Crippen molar-refractivity contribution in [2.75, 3.05) is 12.4 Å². The predicted molar refractivity (Wildman–Crippen MR) is 103 cm³/mol. The van der Waals surface area contributed by atoms with Crippen LogP contribution in [0.2, 0.25) is 0 Å². The van der Waals surface area contributed by atoms with Crippen LogP contribution >= 0.6 is 0 Å². The summed E-state index contributed by atoms with van der Waals surface area (Å²) in [5, 5.41) is 7.89. The molecule has 27 heavy (non-hydrogen) atoms. The van der Waals surface area contributed by atoms with Crippen molar-refractivity contribution in [2.45, 2.75) is 31.2 Å². The van der Waals surface area contributed by atoms with Gasteiger partial charge in [-0.05, 0) is 41.8 Å². The number of benzene rings is 2. The third-order valence-electron chi connectivity index (χ3n) is 4.06. The summed E-state index contributed by atoms with van der Waals surface area (Å²) >= 11 is 0. The van der Waals surface area contributed by atoms with E-state index < -0.39 is 10.0 Å². The summed E-state index contributed by atoms with van der Waals surface area (Å²) in [6, 6.07) is 13.5. The number of primary sulfonamides is 1. The fourth-order valence-corrected chi connectivity index (χ4v) is 2.98. The number of carbonyl (C=O) groups excluding carboxylic acids is 2. The smallest absolute Gasteiger partial charge is 0.238 e. The van der Waals surface area contributed by atoms with Crippen LogP contribution < -0.4 is 10.5 Å². The quantitative estimate of drug-likeness (QED) is 0.753. The SMILES string of the molecule is CC(=O)N(C)Cc1cccc(NC(=O)CCc2ccc(S(N)(=O)=O)cc2)c1. The number of hydrogen-bond donors (Lipinski definition) is 2. The molecule has 0 saturated carbocycles. The zero-order valence-electron chi connectivity index (χ0n) is 15.3. The van der Waals surface area contributed by atoms with Crippen LogP contribution in [0.1, 0.15) is 24.5 Å². The second-order valence-electron chi connectivity index (χ2n) is 6.31. The molecule has 0 bridgehead atoms. The minimum Gasteiger partial charge on any atom is -0.342 e. The monoisotopic (exact) mass is 389 g/mol. The van der Waals surface area contributed by atoms with Gasteiger partial charge in [0.1, 0.15) is 0 Å². The van der Waals surface area contributed by atoms with Gasteiger partial charge in [0.25, 0.3) is 0 Å². The molecule has 3 N–H and O–H groups in total. The second kappa shape index (κ2) is 8.79. The number of anilines is 1. The normalized spacial score (nSPS) is 11.1. The zero-order chi connectivity index (χ0) is 20.0. The van der Waals surface area contributed by atoms with Crippen LogP contribution in [0.3, 0.4) is 0 Å². The van der Waals surface area contributed by atoms with Crippen LogP contribution in [0.25, 0.3) is 0 Å². The van der Waals surface area contributed by atoms with E-state index in [0.717, 1.165) is 11.1 Å². The average Bonchev–Trinajstić information content (AvgIpc) is 2.60. The van der Waals surface area contributed by atoms with Gasteiger partial charge in [0.15, 0.2) is 0 Å². The molecule has 0 spiro atoms. The van der Waals surface area contributed by atoms with Gasteiger partial charge in [0, 0.05) is 32.6 Å². The number of carbonyl (C=O) groups is 2. The summed E-state index contributed by atoms with van der Waals surface area (Å²) in [4.78, 5) is 25.1. The van der Waals surface area contributed by atoms with Crippen molar-refractivity contribution in [1.82, 2.24) is 4.90 Å². The van der Waals surface area contributed by atoms with Crippen molar-refractivity contribution in [3.8, 4) is 0 Å². The maximum Gasteiger partial charge on any atom is 0.238 e. The minimum atomic E-state index is -3.71. The summed E-state index contributed by atoms with van der Waals surface area (Å²) in [6.45, 7) is 1.97. The predicted octanol–water partition coefficient (Wildman–Crippen LogP) is 1.88. The Labute approximate surface area is 159 Å². The molecule has 0 aliphatic heterocycles. The molecule has 2 rings (SSSR count). The van der Waals surface area contributed by atoms with E-state index in [1.54, 1.807) is 30.1 Å². The molecule has 2 aromatic carbocycles. The molecular formula is C19H23N3O4S. The van der Waals surface area contributed by atoms with Crippen LogP contribution in [0.5, 0.6) is 0 Å². The number of amides is 2. The van der Waals surface area contributed by atoms with Crippen molar-refractivity contribution in [3.63, 3.8) is 0 Å². The van der Waals surface area contributed by atoms with E-state index in [9.17, 15) is 18.0 Å². The summed E-state index contributed by atoms with van der Waals surface area (Å²) in [6.07, 6.45) is 0.732. The number of sulfonamides is 1. The van der Waals surface area contributed by atoms with Gasteiger partial charge in [0.2, 0.25) is 21.8 Å². The molecule has 0 fully saturated rings. The van der Waals surface area contributed by atoms with E-state index in [4.69, 9.17) is 5.14 Å². The molecule has 2 amide bonds. The Morgan fingerprint density at radius 1 is 1.07 bits per heavy atom. The van der Waals surface area contributed by atoms with E-state index in [-0.39, 0.29) is 23.1 Å². The highest BCUT2D eigenvalue weighted by Crippen LogP contribution is 2.14. The van der Waals surface area contributed by atoms with Gasteiger partial charge >= 0.3 is 0 Å². The largest absolute Gasteiger partial charge is 0.342 e. The van der Waals surface area contributed by atoms with Crippen LogP contribution in [-0.2, 0) is 32.6 Å². The number of rotatable bonds is 7. The van der Waals surface area contributed by atoms with Crippen molar-refractivity contribution >= 4 is 27.5 Å². The lowest BCUT2D eigenvalue weighted by atomic mass is 10.1. The third kappa shape index (κ3) is 6.50. The Balaban J connectivity index is 1.91. The highest BCUT2D eigenvalue weighted by Gasteiger charge is 2.09. The number of nitrogens with one attached hydrogen (secondary N) is 1. The molecule has 0 aliphatic rings. The van der Waals surface area contributed by atoms with Crippen LogP contribution in [0.4, 0.5) is 5.69 Å². The maximum atomic E-state index is 12.2. The molecular weight excluding hydrogens is 366 g/mol. The summed E-state index contributed by atoms with van der Waals surface area (Å²) in [5.74, 6) is -0.180. The standard InChI is InChI=1S/C19H23N3O4S/c1-14(23)22(2)13-16-4-3-5-17(12-16)21-19(24)11-8-15-6-9-18(10-7-15)27(20,25)26/h3-7,9-10,12H,8,11,13H2,1-2H3,(H,21,24)(H2,20,25,26). The molecule has 0 atom stereocenters. The van der Waals surface area contributed by atoms with Gasteiger partial charge in [-0.3, -0.25) is 9.59 Å². The first-order chi connectivity index (χ1) is 12.6. The van der Waals surface area contributed by atoms with Crippen LogP contribution in [-0.4, -0.2) is 32.2 Å². The Morgan fingerprint density at radius 3 is 2.33 bits per heavy atom. The van der Waals surface area contributed by atoms with E-state index in [2.05, 4.69) is 5.32 Å². The van der Waals surface area contributed by atoms with Crippen LogP contribution in [0.15, 0.2) is 53.4 Å². The second-order valence-corrected chi connectivity index (χ2v) is 7.87. The third-order valence-corrected chi connectivity index (χ3v) is 4.99. The first kappa shape index (κ1) is 20.6. The Hall–Kier alpha value is -2.71. The molecule has 0 aromatic heterocycles. The van der Waals surface area contributed by atoms with Crippen molar-refractivity contribution in [1.29, 1.82) is 0 Å². The molecule has 0 heterocycles. The van der Waals surface area contributed by atoms with Gasteiger partial charge in [0.05, 0.1) is 4.90 Å². The van der Waals surface area contributed by atoms with Crippen molar-refractivity contribution in [3.05, 3.63) is 59.7 Å². The van der Waals surface area contributed by atoms with Crippen LogP contribution in [0, 0.1) is 0 Å². The number of hydrogen-bond acceptors (Lipinski definition) is 4. The lowest BCUT2D eigenvalue weighted by molar-refractivity contribution is -0.128. The summed E-state index contributed by atoms with van der Waals surface area (Å²) < 4.78 is 22.5. The molecule has 2 aromatic rings. The van der Waals surface area contributed by atoms with E-state index in [1.807, 2.05) is 18.2 Å². The lowest BCUT2D eigenvalue weighted by Gasteiger charge is -2.15. The summed E-state index contributed by atoms with van der Waals surface area (Å²) in [5.41, 5.74) is 2.43. The first-order valence-electron chi connectivity index (χ1n) is 8.37. The zero-order valence-corrected chi connectivity index (χ0v) is 16.1. The first-order valence-corrected chi connectivity index (χ1v) is 9.92. The number of nitrogens with zero attached hydrogens (tertiary/aromatic N) is 1. The maximum absolute atomic E-state index is 12.2. The van der Waals surface area contributed by atoms with Gasteiger partial charge in [-0.2, -0.15) is 0 Å². The molecule has 0 aliphatic carbocycles. The lowest BCUT2D eigenvalue weighted by Crippen LogP contribution is -2.23. The highest BCUT2D eigenvalue weighted by atomic mass is 32.2. The number of aryl methyl sites for hydroxylation is 1. The Bertz CT molecular complexity index is 924. The van der Waals surface area contributed by atoms with Crippen molar-refractivity contribution in [2.24, 2.45) is 5.14 Å². The molecule has 0 unspecified atom stereocenters. The van der Waals surface area contributed by atoms with E-state index in [0.29, 0.717) is 18.7 Å². The molecule has 7 nitrogen and oxygen atoms in total. The molecule has 8 heteroatoms. The Morgan fingerprint density at radius 2 is 1.74 bits per heavy atom. The number of nitrogens with two attached hydrogens (primary N) is 1. The highest BCUT2D eigenvalue weighted by molar-refractivity contribution is 7.89. The molecule has 0 saturated heterocycles. The Kier molecular flexibility index (Phi) is 6.70. The molecule has 144 valence electrons. The van der Waals surface area contributed by atoms with Gasteiger partial charge < -0.3 is 10.2 Å². The molecule has 0 radical (unpaired) electrons. The minimum absolute atomic E-state index is 0.0297. The fraction of sp³-hybridized carbons (Fsp3) is 0.263. The topological polar surface area (TPSA) is 110 Å².